The van der Waals surface area contributed by atoms with Crippen LogP contribution in [0.1, 0.15) is 33.9 Å². The van der Waals surface area contributed by atoms with Gasteiger partial charge in [-0.3, -0.25) is 8.80 Å². The van der Waals surface area contributed by atoms with E-state index in [4.69, 9.17) is 0 Å². The van der Waals surface area contributed by atoms with Gasteiger partial charge in [0.2, 0.25) is 0 Å². The molecule has 0 spiro atoms. The van der Waals surface area contributed by atoms with E-state index in [9.17, 15) is 0 Å². The number of benzene rings is 1. The molecule has 0 unspecified atom stereocenters. The summed E-state index contributed by atoms with van der Waals surface area (Å²) in [6.07, 6.45) is 0. The second-order valence-corrected chi connectivity index (χ2v) is 9.59. The van der Waals surface area contributed by atoms with Gasteiger partial charge >= 0.3 is 0 Å². The monoisotopic (exact) mass is 462 g/mol. The Bertz CT molecular complexity index is 1310. The minimum absolute atomic E-state index is 0.652. The molecule has 0 atom stereocenters. The Kier molecular flexibility index (Phi) is 5.56. The van der Waals surface area contributed by atoms with Crippen LogP contribution >= 0.6 is 23.5 Å². The topological polar surface area (TPSA) is 86.2 Å². The molecule has 4 aromatic heterocycles. The van der Waals surface area contributed by atoms with Gasteiger partial charge in [0.1, 0.15) is 0 Å². The van der Waals surface area contributed by atoms with Crippen molar-refractivity contribution < 1.29 is 0 Å². The molecule has 5 aromatic rings. The first-order chi connectivity index (χ1) is 15.5. The van der Waals surface area contributed by atoms with Crippen molar-refractivity contribution >= 4 is 35.1 Å². The van der Waals surface area contributed by atoms with Gasteiger partial charge < -0.3 is 0 Å². The van der Waals surface area contributed by atoms with Gasteiger partial charge in [0.15, 0.2) is 10.3 Å². The highest BCUT2D eigenvalue weighted by Crippen LogP contribution is 2.25. The summed E-state index contributed by atoms with van der Waals surface area (Å²) < 4.78 is 4.01. The number of aryl methyl sites for hydroxylation is 4. The molecule has 0 saturated heterocycles. The molecule has 0 aliphatic heterocycles. The van der Waals surface area contributed by atoms with Gasteiger partial charge in [0.05, 0.1) is 0 Å². The standard InChI is InChI=1S/C22H22N8S2/c1-13-9-15(3)29-19(23-13)25-27-21(29)31-11-17-5-7-18(8-6-17)12-32-22-28-26-20-24-14(2)10-16(4)30(20)22/h5-10H,11-12H2,1-4H3. The third-order valence-electron chi connectivity index (χ3n) is 5.09. The number of thioether (sulfide) groups is 2. The van der Waals surface area contributed by atoms with E-state index < -0.39 is 0 Å². The lowest BCUT2D eigenvalue weighted by Crippen LogP contribution is -1.98. The molecule has 4 heterocycles. The zero-order chi connectivity index (χ0) is 22.2. The van der Waals surface area contributed by atoms with Crippen molar-refractivity contribution in [2.75, 3.05) is 0 Å². The van der Waals surface area contributed by atoms with Crippen LogP contribution in [-0.2, 0) is 11.5 Å². The van der Waals surface area contributed by atoms with E-state index in [1.807, 2.05) is 34.8 Å². The Balaban J connectivity index is 1.24. The van der Waals surface area contributed by atoms with Crippen LogP contribution in [0.3, 0.4) is 0 Å². The second kappa shape index (κ2) is 8.51. The molecule has 8 nitrogen and oxygen atoms in total. The lowest BCUT2D eigenvalue weighted by atomic mass is 10.2. The van der Waals surface area contributed by atoms with E-state index in [0.29, 0.717) is 11.6 Å². The maximum Gasteiger partial charge on any atom is 0.256 e. The molecule has 0 aliphatic rings. The maximum absolute atomic E-state index is 4.45. The Hall–Kier alpha value is -2.98. The summed E-state index contributed by atoms with van der Waals surface area (Å²) in [5.74, 6) is 2.94. The maximum atomic E-state index is 4.45. The highest BCUT2D eigenvalue weighted by molar-refractivity contribution is 7.98. The Labute approximate surface area is 193 Å². The van der Waals surface area contributed by atoms with E-state index >= 15 is 0 Å². The van der Waals surface area contributed by atoms with E-state index in [0.717, 1.165) is 44.6 Å². The minimum Gasteiger partial charge on any atom is -0.259 e. The third-order valence-corrected chi connectivity index (χ3v) is 7.09. The van der Waals surface area contributed by atoms with Crippen LogP contribution in [-0.4, -0.2) is 39.2 Å². The molecule has 0 fully saturated rings. The van der Waals surface area contributed by atoms with Gasteiger partial charge in [-0.1, -0.05) is 47.8 Å². The first kappa shape index (κ1) is 20.9. The third kappa shape index (κ3) is 4.07. The molecular weight excluding hydrogens is 440 g/mol. The molecule has 10 heteroatoms. The second-order valence-electron chi connectivity index (χ2n) is 7.71. The number of fused-ring (bicyclic) bond motifs is 2. The molecule has 32 heavy (non-hydrogen) atoms. The van der Waals surface area contributed by atoms with E-state index in [1.54, 1.807) is 23.5 Å². The van der Waals surface area contributed by atoms with Crippen molar-refractivity contribution in [1.82, 2.24) is 39.2 Å². The predicted molar refractivity (Wildman–Crippen MR) is 126 cm³/mol. The van der Waals surface area contributed by atoms with E-state index in [2.05, 4.69) is 68.5 Å². The molecule has 5 rings (SSSR count). The smallest absolute Gasteiger partial charge is 0.256 e. The van der Waals surface area contributed by atoms with Crippen molar-refractivity contribution in [3.05, 3.63) is 70.3 Å². The summed E-state index contributed by atoms with van der Waals surface area (Å²) in [6.45, 7) is 8.05. The fourth-order valence-electron chi connectivity index (χ4n) is 3.61. The van der Waals surface area contributed by atoms with Crippen LogP contribution in [0.4, 0.5) is 0 Å². The Morgan fingerprint density at radius 2 is 1.03 bits per heavy atom. The summed E-state index contributed by atoms with van der Waals surface area (Å²) in [4.78, 5) is 8.90. The van der Waals surface area contributed by atoms with Crippen molar-refractivity contribution in [3.8, 4) is 0 Å². The zero-order valence-electron chi connectivity index (χ0n) is 18.3. The summed E-state index contributed by atoms with van der Waals surface area (Å²) >= 11 is 3.33. The van der Waals surface area contributed by atoms with Gasteiger partial charge in [-0.2, -0.15) is 0 Å². The van der Waals surface area contributed by atoms with Gasteiger partial charge in [-0.25, -0.2) is 9.97 Å². The Morgan fingerprint density at radius 3 is 1.44 bits per heavy atom. The lowest BCUT2D eigenvalue weighted by molar-refractivity contribution is 0.885. The van der Waals surface area contributed by atoms with Gasteiger partial charge in [-0.05, 0) is 51.0 Å². The molecule has 0 N–H and O–H groups in total. The molecule has 162 valence electrons. The van der Waals surface area contributed by atoms with Crippen molar-refractivity contribution in [3.63, 3.8) is 0 Å². The number of hydrogen-bond donors (Lipinski definition) is 0. The molecule has 0 saturated carbocycles. The highest BCUT2D eigenvalue weighted by Gasteiger charge is 2.12. The lowest BCUT2D eigenvalue weighted by Gasteiger charge is -2.06. The molecule has 0 aliphatic carbocycles. The SMILES string of the molecule is Cc1cc(C)n2c(SCc3ccc(CSc4nnc5nc(C)cc(C)n45)cc3)nnc2n1. The molecular formula is C22H22N8S2. The van der Waals surface area contributed by atoms with Crippen molar-refractivity contribution in [2.45, 2.75) is 49.5 Å². The van der Waals surface area contributed by atoms with Crippen LogP contribution in [0.25, 0.3) is 11.6 Å². The number of hydrogen-bond acceptors (Lipinski definition) is 8. The highest BCUT2D eigenvalue weighted by atomic mass is 32.2. The number of nitrogens with zero attached hydrogens (tertiary/aromatic N) is 8. The average molecular weight is 463 g/mol. The van der Waals surface area contributed by atoms with Gasteiger partial charge in [0, 0.05) is 34.3 Å². The summed E-state index contributed by atoms with van der Waals surface area (Å²) in [5, 5.41) is 18.8. The van der Waals surface area contributed by atoms with Crippen LogP contribution in [0.2, 0.25) is 0 Å². The first-order valence-corrected chi connectivity index (χ1v) is 12.2. The fourth-order valence-corrected chi connectivity index (χ4v) is 5.50. The van der Waals surface area contributed by atoms with Gasteiger partial charge in [-0.15, -0.1) is 20.4 Å². The van der Waals surface area contributed by atoms with Gasteiger partial charge in [0.25, 0.3) is 11.6 Å². The van der Waals surface area contributed by atoms with E-state index in [1.165, 1.54) is 11.1 Å². The predicted octanol–water partition coefficient (Wildman–Crippen LogP) is 4.38. The molecule has 0 radical (unpaired) electrons. The zero-order valence-corrected chi connectivity index (χ0v) is 19.9. The number of rotatable bonds is 6. The molecule has 1 aromatic carbocycles. The Morgan fingerprint density at radius 1 is 0.625 bits per heavy atom. The number of aromatic nitrogens is 8. The van der Waals surface area contributed by atoms with Crippen LogP contribution < -0.4 is 0 Å². The molecule has 0 bridgehead atoms. The summed E-state index contributed by atoms with van der Waals surface area (Å²) in [7, 11) is 0. The fraction of sp³-hybridized carbons (Fsp3) is 0.273. The minimum atomic E-state index is 0.652. The summed E-state index contributed by atoms with van der Waals surface area (Å²) in [5.41, 5.74) is 6.56. The average Bonchev–Trinajstić information content (AvgIpc) is 3.35. The van der Waals surface area contributed by atoms with Crippen molar-refractivity contribution in [2.24, 2.45) is 0 Å². The normalized spacial score (nSPS) is 11.6. The van der Waals surface area contributed by atoms with Crippen LogP contribution in [0, 0.1) is 27.7 Å². The van der Waals surface area contributed by atoms with Crippen LogP contribution in [0.5, 0.6) is 0 Å². The van der Waals surface area contributed by atoms with Crippen molar-refractivity contribution in [1.29, 1.82) is 0 Å². The van der Waals surface area contributed by atoms with E-state index in [-0.39, 0.29) is 0 Å². The molecule has 0 amide bonds. The largest absolute Gasteiger partial charge is 0.259 e. The first-order valence-electron chi connectivity index (χ1n) is 10.2. The quantitative estimate of drug-likeness (QED) is 0.344. The van der Waals surface area contributed by atoms with Crippen LogP contribution in [0.15, 0.2) is 46.7 Å². The summed E-state index contributed by atoms with van der Waals surface area (Å²) in [6, 6.07) is 12.8.